The van der Waals surface area contributed by atoms with Gasteiger partial charge in [0.15, 0.2) is 0 Å². The van der Waals surface area contributed by atoms with E-state index in [1.807, 2.05) is 24.3 Å². The molecule has 1 aromatic heterocycles. The van der Waals surface area contributed by atoms with Crippen molar-refractivity contribution in [3.63, 3.8) is 0 Å². The first-order chi connectivity index (χ1) is 9.49. The Morgan fingerprint density at radius 1 is 1.55 bits per heavy atom. The number of hydrogen-bond donors (Lipinski definition) is 1. The van der Waals surface area contributed by atoms with E-state index in [1.165, 1.54) is 11.1 Å². The van der Waals surface area contributed by atoms with Gasteiger partial charge < -0.3 is 14.6 Å². The van der Waals surface area contributed by atoms with Crippen molar-refractivity contribution in [2.24, 2.45) is 7.05 Å². The predicted molar refractivity (Wildman–Crippen MR) is 79.3 cm³/mol. The number of aryl methyl sites for hydroxylation is 1. The summed E-state index contributed by atoms with van der Waals surface area (Å²) in [7, 11) is 3.43. The lowest BCUT2D eigenvalue weighted by molar-refractivity contribution is 0.0672. The molecule has 1 aromatic carbocycles. The predicted octanol–water partition coefficient (Wildman–Crippen LogP) is 1.99. The molecular formula is C14H16BrN3O2. The minimum Gasteiger partial charge on any atom is -0.387 e. The highest BCUT2D eigenvalue weighted by Gasteiger charge is 2.18. The maximum Gasteiger partial charge on any atom is 0.271 e. The molecule has 20 heavy (non-hydrogen) atoms. The standard InChI is InChI=1S/C14H16BrN3O2/c1-17(14(20)12-7-16-9-18(12)2)8-13(19)10-4-3-5-11(15)6-10/h3-7,9,13,19H,8H2,1-2H3/t13-/m0/s1. The van der Waals surface area contributed by atoms with Crippen LogP contribution in [0.5, 0.6) is 0 Å². The van der Waals surface area contributed by atoms with Crippen molar-refractivity contribution in [2.75, 3.05) is 13.6 Å². The first-order valence-corrected chi connectivity index (χ1v) is 6.93. The lowest BCUT2D eigenvalue weighted by Crippen LogP contribution is -2.32. The topological polar surface area (TPSA) is 58.4 Å². The number of imidazole rings is 1. The van der Waals surface area contributed by atoms with Crippen molar-refractivity contribution in [2.45, 2.75) is 6.10 Å². The van der Waals surface area contributed by atoms with E-state index in [9.17, 15) is 9.90 Å². The van der Waals surface area contributed by atoms with Crippen LogP contribution < -0.4 is 0 Å². The summed E-state index contributed by atoms with van der Waals surface area (Å²) in [5, 5.41) is 10.2. The summed E-state index contributed by atoms with van der Waals surface area (Å²) in [5.74, 6) is -0.168. The van der Waals surface area contributed by atoms with Crippen LogP contribution in [-0.4, -0.2) is 39.1 Å². The largest absolute Gasteiger partial charge is 0.387 e. The van der Waals surface area contributed by atoms with E-state index in [0.29, 0.717) is 5.69 Å². The Balaban J connectivity index is 2.06. The molecule has 1 N–H and O–H groups in total. The van der Waals surface area contributed by atoms with Gasteiger partial charge in [0.1, 0.15) is 5.69 Å². The minimum atomic E-state index is -0.727. The number of carbonyl (C=O) groups is 1. The second-order valence-corrected chi connectivity index (χ2v) is 5.56. The van der Waals surface area contributed by atoms with Gasteiger partial charge in [-0.05, 0) is 17.7 Å². The number of amides is 1. The van der Waals surface area contributed by atoms with Gasteiger partial charge in [-0.2, -0.15) is 0 Å². The molecule has 106 valence electrons. The zero-order valence-electron chi connectivity index (χ0n) is 11.3. The monoisotopic (exact) mass is 337 g/mol. The average molecular weight is 338 g/mol. The van der Waals surface area contributed by atoms with Gasteiger partial charge in [0, 0.05) is 18.6 Å². The second kappa shape index (κ2) is 6.19. The van der Waals surface area contributed by atoms with Crippen LogP contribution in [0.4, 0.5) is 0 Å². The third kappa shape index (κ3) is 3.26. The maximum atomic E-state index is 12.2. The molecule has 5 nitrogen and oxygen atoms in total. The quantitative estimate of drug-likeness (QED) is 0.928. The number of aliphatic hydroxyl groups excluding tert-OH is 1. The smallest absolute Gasteiger partial charge is 0.271 e. The minimum absolute atomic E-state index is 0.168. The molecule has 0 fully saturated rings. The number of rotatable bonds is 4. The van der Waals surface area contributed by atoms with Crippen LogP contribution in [0, 0.1) is 0 Å². The first kappa shape index (κ1) is 14.7. The molecule has 0 unspecified atom stereocenters. The third-order valence-corrected chi connectivity index (χ3v) is 3.56. The number of nitrogens with zero attached hydrogens (tertiary/aromatic N) is 3. The summed E-state index contributed by atoms with van der Waals surface area (Å²) in [6.07, 6.45) is 2.37. The second-order valence-electron chi connectivity index (χ2n) is 4.65. The van der Waals surface area contributed by atoms with E-state index >= 15 is 0 Å². The van der Waals surface area contributed by atoms with Crippen LogP contribution >= 0.6 is 15.9 Å². The Labute approximate surface area is 126 Å². The van der Waals surface area contributed by atoms with Crippen molar-refractivity contribution < 1.29 is 9.90 Å². The van der Waals surface area contributed by atoms with Gasteiger partial charge in [0.2, 0.25) is 0 Å². The zero-order chi connectivity index (χ0) is 14.7. The van der Waals surface area contributed by atoms with Crippen LogP contribution in [0.3, 0.4) is 0 Å². The van der Waals surface area contributed by atoms with Crippen LogP contribution in [0.15, 0.2) is 41.3 Å². The van der Waals surface area contributed by atoms with Crippen LogP contribution in [0.25, 0.3) is 0 Å². The fourth-order valence-corrected chi connectivity index (χ4v) is 2.34. The van der Waals surface area contributed by atoms with Gasteiger partial charge in [-0.3, -0.25) is 4.79 Å². The van der Waals surface area contributed by atoms with Crippen molar-refractivity contribution in [1.29, 1.82) is 0 Å². The number of carbonyl (C=O) groups excluding carboxylic acids is 1. The van der Waals surface area contributed by atoms with Crippen molar-refractivity contribution >= 4 is 21.8 Å². The SMILES string of the molecule is CN(C[C@H](O)c1cccc(Br)c1)C(=O)c1cncn1C. The van der Waals surface area contributed by atoms with Gasteiger partial charge in [0.25, 0.3) is 5.91 Å². The average Bonchev–Trinajstić information content (AvgIpc) is 2.84. The van der Waals surface area contributed by atoms with E-state index < -0.39 is 6.10 Å². The summed E-state index contributed by atoms with van der Waals surface area (Å²) in [5.41, 5.74) is 1.26. The molecule has 1 heterocycles. The molecule has 0 aliphatic heterocycles. The molecule has 0 aliphatic carbocycles. The molecule has 0 bridgehead atoms. The molecular weight excluding hydrogens is 322 g/mol. The number of benzene rings is 1. The van der Waals surface area contributed by atoms with E-state index in [4.69, 9.17) is 0 Å². The number of likely N-dealkylation sites (N-methyl/N-ethyl adjacent to an activating group) is 1. The highest BCUT2D eigenvalue weighted by Crippen LogP contribution is 2.19. The molecule has 6 heteroatoms. The molecule has 0 spiro atoms. The van der Waals surface area contributed by atoms with Crippen LogP contribution in [0.2, 0.25) is 0 Å². The highest BCUT2D eigenvalue weighted by molar-refractivity contribution is 9.10. The lowest BCUT2D eigenvalue weighted by atomic mass is 10.1. The summed E-state index contributed by atoms with van der Waals surface area (Å²) >= 11 is 3.36. The Morgan fingerprint density at radius 2 is 2.30 bits per heavy atom. The molecule has 1 atom stereocenters. The van der Waals surface area contributed by atoms with E-state index in [1.54, 1.807) is 25.0 Å². The van der Waals surface area contributed by atoms with Gasteiger partial charge in [-0.15, -0.1) is 0 Å². The van der Waals surface area contributed by atoms with Crippen molar-refractivity contribution in [3.05, 3.63) is 52.5 Å². The molecule has 0 saturated carbocycles. The van der Waals surface area contributed by atoms with E-state index in [2.05, 4.69) is 20.9 Å². The number of aromatic nitrogens is 2. The molecule has 0 saturated heterocycles. The van der Waals surface area contributed by atoms with Crippen LogP contribution in [-0.2, 0) is 7.05 Å². The maximum absolute atomic E-state index is 12.2. The Kier molecular flexibility index (Phi) is 4.57. The van der Waals surface area contributed by atoms with Gasteiger partial charge in [-0.1, -0.05) is 28.1 Å². The Hall–Kier alpha value is -1.66. The summed E-state index contributed by atoms with van der Waals surface area (Å²) in [4.78, 5) is 17.6. The first-order valence-electron chi connectivity index (χ1n) is 6.14. The molecule has 2 rings (SSSR count). The Bertz CT molecular complexity index is 612. The molecule has 1 amide bonds. The van der Waals surface area contributed by atoms with E-state index in [-0.39, 0.29) is 12.5 Å². The van der Waals surface area contributed by atoms with Gasteiger partial charge >= 0.3 is 0 Å². The zero-order valence-corrected chi connectivity index (χ0v) is 12.9. The van der Waals surface area contributed by atoms with Gasteiger partial charge in [-0.25, -0.2) is 4.98 Å². The van der Waals surface area contributed by atoms with Crippen LogP contribution in [0.1, 0.15) is 22.2 Å². The molecule has 2 aromatic rings. The number of hydrogen-bond acceptors (Lipinski definition) is 3. The van der Waals surface area contributed by atoms with Gasteiger partial charge in [0.05, 0.1) is 25.2 Å². The fraction of sp³-hybridized carbons (Fsp3) is 0.286. The summed E-state index contributed by atoms with van der Waals surface area (Å²) < 4.78 is 2.55. The van der Waals surface area contributed by atoms with Crippen molar-refractivity contribution in [3.8, 4) is 0 Å². The summed E-state index contributed by atoms with van der Waals surface area (Å²) in [6.45, 7) is 0.223. The van der Waals surface area contributed by atoms with E-state index in [0.717, 1.165) is 10.0 Å². The number of aliphatic hydroxyl groups is 1. The normalized spacial score (nSPS) is 12.2. The molecule has 0 radical (unpaired) electrons. The molecule has 0 aliphatic rings. The third-order valence-electron chi connectivity index (χ3n) is 3.06. The fourth-order valence-electron chi connectivity index (χ4n) is 1.92. The Morgan fingerprint density at radius 3 is 2.90 bits per heavy atom. The number of halogens is 1. The summed E-state index contributed by atoms with van der Waals surface area (Å²) in [6, 6.07) is 7.41. The highest BCUT2D eigenvalue weighted by atomic mass is 79.9. The van der Waals surface area contributed by atoms with Crippen molar-refractivity contribution in [1.82, 2.24) is 14.5 Å². The lowest BCUT2D eigenvalue weighted by Gasteiger charge is -2.21.